The maximum atomic E-state index is 15.1. The van der Waals surface area contributed by atoms with Gasteiger partial charge in [0.25, 0.3) is 0 Å². The summed E-state index contributed by atoms with van der Waals surface area (Å²) in [7, 11) is 1.22. The normalized spacial score (nSPS) is 17.3. The number of hydrogen-bond acceptors (Lipinski definition) is 30. The van der Waals surface area contributed by atoms with E-state index in [-0.39, 0.29) is 147 Å². The molecule has 0 saturated carbocycles. The van der Waals surface area contributed by atoms with Gasteiger partial charge in [-0.2, -0.15) is 0 Å². The summed E-state index contributed by atoms with van der Waals surface area (Å²) in [4.78, 5) is 12.3. The molecule has 0 aliphatic rings. The summed E-state index contributed by atoms with van der Waals surface area (Å²) in [5, 5.41) is 0. The molecule has 0 spiro atoms. The van der Waals surface area contributed by atoms with Crippen LogP contribution in [0.25, 0.3) is 0 Å². The minimum absolute atomic E-state index is 0.0121. The molecule has 6 atom stereocenters. The third kappa shape index (κ3) is 48.5. The van der Waals surface area contributed by atoms with Crippen molar-refractivity contribution < 1.29 is 105 Å². The Labute approximate surface area is 576 Å². The second-order valence-electron chi connectivity index (χ2n) is 25.1. The van der Waals surface area contributed by atoms with Gasteiger partial charge >= 0.3 is 53.6 Å². The fourth-order valence-electron chi connectivity index (χ4n) is 5.65. The zero-order valence-corrected chi connectivity index (χ0v) is 70.3. The Bertz CT molecular complexity index is 2030. The molecular weight excluding hydrogens is 1460 g/mol. The van der Waals surface area contributed by atoms with Crippen LogP contribution in [0.1, 0.15) is 159 Å². The first-order valence-electron chi connectivity index (χ1n) is 30.9. The molecule has 546 valence electrons. The number of ether oxygens (including phenoxy) is 1. The van der Waals surface area contributed by atoms with Crippen molar-refractivity contribution in [1.29, 1.82) is 0 Å². The maximum absolute atomic E-state index is 15.1. The largest absolute Gasteiger partial charge is 0.469 e. The van der Waals surface area contributed by atoms with Gasteiger partial charge < -0.3 is 40.9 Å². The average Bonchev–Trinajstić information content (AvgIpc) is 1.70. The molecule has 0 aliphatic carbocycles. The molecule has 0 aromatic carbocycles. The SMILES string of the molecule is COC(=O)CCSP(=O)(OC(C)CSP(=O)(OC(C)CSP(=O)(OCC(C)C)OCC(C)C)OC(C)CSP(=O)(OCC(C)C)OCC(C)C)OC(C)CSP(=O)(OC(C)CSP(=O)(OCC(C)C)OCC(C)C)OC(C)CSP(=O)(OCC(C)C)OCC(C)C. The third-order valence-corrected chi connectivity index (χ3v) is 37.7. The van der Waals surface area contributed by atoms with E-state index in [2.05, 4.69) is 0 Å². The van der Waals surface area contributed by atoms with Crippen molar-refractivity contribution in [3.8, 4) is 0 Å². The van der Waals surface area contributed by atoms with Crippen LogP contribution in [0.15, 0.2) is 0 Å². The lowest BCUT2D eigenvalue weighted by Crippen LogP contribution is -2.18. The zero-order chi connectivity index (χ0) is 70.0. The zero-order valence-electron chi connectivity index (χ0n) is 58.3. The Balaban J connectivity index is 7.15. The predicted octanol–water partition coefficient (Wildman–Crippen LogP) is 21.3. The standard InChI is InChI=1S/C54H115O23P7S7/c1-40(2)26-64-78(56,65-27-41(3)4)86-34-48(17)74-83(61,75-49(18)35-87-79(57,66-28-42(5)6)67-29-43(7)8)90-38-52(21)72-82(60,85-25-24-54(55)63-23)73-53(22)39-91-84(62,76-50(19)36-88-80(58,68-30-44(9)10)69-31-45(11)12)77-51(20)37-89-81(59,70-32-46(13)14)71-33-47(15)16/h40-53H,24-39H2,1-23H3. The molecule has 0 heterocycles. The van der Waals surface area contributed by atoms with Crippen molar-refractivity contribution in [3.05, 3.63) is 0 Å². The molecule has 0 saturated heterocycles. The predicted molar refractivity (Wildman–Crippen MR) is 387 cm³/mol. The topological polar surface area (TPSA) is 275 Å². The van der Waals surface area contributed by atoms with Crippen LogP contribution in [-0.4, -0.2) is 143 Å². The van der Waals surface area contributed by atoms with Gasteiger partial charge in [0.15, 0.2) is 0 Å². The molecular formula is C54H115O23P7S7. The molecule has 0 aromatic rings. The van der Waals surface area contributed by atoms with Crippen LogP contribution in [0.4, 0.5) is 0 Å². The first-order valence-corrected chi connectivity index (χ1v) is 52.9. The lowest BCUT2D eigenvalue weighted by Gasteiger charge is -2.29. The second kappa shape index (κ2) is 48.0. The first-order chi connectivity index (χ1) is 41.9. The average molecular weight is 1570 g/mol. The van der Waals surface area contributed by atoms with Gasteiger partial charge in [0.1, 0.15) is 0 Å². The van der Waals surface area contributed by atoms with Crippen LogP contribution in [0.5, 0.6) is 0 Å². The van der Waals surface area contributed by atoms with Crippen molar-refractivity contribution in [3.63, 3.8) is 0 Å². The Morgan fingerprint density at radius 1 is 0.264 bits per heavy atom. The van der Waals surface area contributed by atoms with E-state index in [1.807, 2.05) is 111 Å². The molecule has 0 rings (SSSR count). The highest BCUT2D eigenvalue weighted by Gasteiger charge is 2.41. The molecule has 6 unspecified atom stereocenters. The molecule has 37 heteroatoms. The van der Waals surface area contributed by atoms with Crippen LogP contribution < -0.4 is 0 Å². The lowest BCUT2D eigenvalue weighted by molar-refractivity contribution is -0.140. The van der Waals surface area contributed by atoms with E-state index in [0.29, 0.717) is 0 Å². The minimum Gasteiger partial charge on any atom is -0.469 e. The molecule has 0 bridgehead atoms. The summed E-state index contributed by atoms with van der Waals surface area (Å²) >= 11 is 5.90. The smallest absolute Gasteiger partial charge is 0.389 e. The van der Waals surface area contributed by atoms with Gasteiger partial charge in [-0.1, -0.05) is 111 Å². The number of esters is 1. The van der Waals surface area contributed by atoms with E-state index in [0.717, 1.165) is 79.7 Å². The van der Waals surface area contributed by atoms with Crippen molar-refractivity contribution >= 4 is 133 Å². The Morgan fingerprint density at radius 2 is 0.418 bits per heavy atom. The first kappa shape index (κ1) is 94.0. The number of carbonyl (C=O) groups excluding carboxylic acids is 1. The van der Waals surface area contributed by atoms with Gasteiger partial charge in [-0.05, 0) is 169 Å². The highest BCUT2D eigenvalue weighted by molar-refractivity contribution is 8.57. The lowest BCUT2D eigenvalue weighted by atomic mass is 10.2. The van der Waals surface area contributed by atoms with Crippen LogP contribution in [0.2, 0.25) is 0 Å². The molecule has 0 radical (unpaired) electrons. The fourth-order valence-corrected chi connectivity index (χ4v) is 32.8. The number of carbonyl (C=O) groups is 1. The van der Waals surface area contributed by atoms with Crippen LogP contribution >= 0.6 is 127 Å². The van der Waals surface area contributed by atoms with Gasteiger partial charge in [0.05, 0.1) is 103 Å². The van der Waals surface area contributed by atoms with Gasteiger partial charge in [-0.3, -0.25) is 31.9 Å². The van der Waals surface area contributed by atoms with Gasteiger partial charge in [0.2, 0.25) is 0 Å². The van der Waals surface area contributed by atoms with Gasteiger partial charge in [-0.25, -0.2) is 32.0 Å². The summed E-state index contributed by atoms with van der Waals surface area (Å²) in [6.45, 7) is 14.1. The number of hydrogen-bond donors (Lipinski definition) is 0. The highest BCUT2D eigenvalue weighted by atomic mass is 32.7. The Morgan fingerprint density at radius 3 is 0.571 bits per heavy atom. The minimum atomic E-state index is -4.31. The van der Waals surface area contributed by atoms with Crippen LogP contribution in [0.3, 0.4) is 0 Å². The number of methoxy groups -OCH3 is 1. The van der Waals surface area contributed by atoms with Gasteiger partial charge in [-0.15, -0.1) is 0 Å². The molecule has 0 aliphatic heterocycles. The molecule has 0 amide bonds. The Hall–Kier alpha value is 2.97. The van der Waals surface area contributed by atoms with Crippen molar-refractivity contribution in [1.82, 2.24) is 0 Å². The summed E-state index contributed by atoms with van der Waals surface area (Å²) in [6, 6.07) is 0. The molecule has 23 nitrogen and oxygen atoms in total. The van der Waals surface area contributed by atoms with Crippen molar-refractivity contribution in [2.24, 2.45) is 47.3 Å². The van der Waals surface area contributed by atoms with E-state index >= 15 is 13.7 Å². The Kier molecular flexibility index (Phi) is 49.6. The molecule has 91 heavy (non-hydrogen) atoms. The van der Waals surface area contributed by atoms with Crippen molar-refractivity contribution in [2.45, 2.75) is 195 Å². The van der Waals surface area contributed by atoms with Crippen LogP contribution in [0, 0.1) is 47.3 Å². The van der Waals surface area contributed by atoms with E-state index in [1.165, 1.54) is 7.11 Å². The monoisotopic (exact) mass is 1570 g/mol. The molecule has 0 aromatic heterocycles. The molecule has 0 N–H and O–H groups in total. The molecule has 0 fully saturated rings. The number of rotatable bonds is 58. The van der Waals surface area contributed by atoms with Gasteiger partial charge in [0, 0.05) is 40.3 Å². The second-order valence-corrected chi connectivity index (χ2v) is 53.7. The fraction of sp³-hybridized carbons (Fsp3) is 0.981. The highest BCUT2D eigenvalue weighted by Crippen LogP contribution is 2.70. The van der Waals surface area contributed by atoms with E-state index in [9.17, 15) is 23.1 Å². The van der Waals surface area contributed by atoms with E-state index < -0.39 is 90.2 Å². The summed E-state index contributed by atoms with van der Waals surface area (Å²) in [5.41, 5.74) is 0. The summed E-state index contributed by atoms with van der Waals surface area (Å²) in [5.74, 6) is -0.470. The summed E-state index contributed by atoms with van der Waals surface area (Å²) < 4.78 is 190. The van der Waals surface area contributed by atoms with Crippen LogP contribution in [-0.2, 0) is 105 Å². The van der Waals surface area contributed by atoms with E-state index in [4.69, 9.17) is 68.1 Å². The summed E-state index contributed by atoms with van der Waals surface area (Å²) in [6.07, 6.45) is -5.67. The quantitative estimate of drug-likeness (QED) is 0.0404. The van der Waals surface area contributed by atoms with E-state index in [1.54, 1.807) is 41.5 Å². The maximum Gasteiger partial charge on any atom is 0.389 e. The van der Waals surface area contributed by atoms with Crippen molar-refractivity contribution in [2.75, 3.05) is 100 Å². The third-order valence-electron chi connectivity index (χ3n) is 9.97.